The summed E-state index contributed by atoms with van der Waals surface area (Å²) in [6, 6.07) is 17.1. The Balaban J connectivity index is 1.59. The van der Waals surface area contributed by atoms with E-state index in [0.29, 0.717) is 19.3 Å². The lowest BCUT2D eigenvalue weighted by molar-refractivity contribution is -0.142. The lowest BCUT2D eigenvalue weighted by atomic mass is 9.91. The van der Waals surface area contributed by atoms with Gasteiger partial charge in [-0.3, -0.25) is 19.3 Å². The zero-order valence-electron chi connectivity index (χ0n) is 14.3. The van der Waals surface area contributed by atoms with E-state index in [1.54, 1.807) is 0 Å². The maximum absolute atomic E-state index is 13.0. The molecule has 0 unspecified atom stereocenters. The van der Waals surface area contributed by atoms with E-state index >= 15 is 0 Å². The van der Waals surface area contributed by atoms with Crippen LogP contribution in [0, 0.1) is 5.92 Å². The predicted octanol–water partition coefficient (Wildman–Crippen LogP) is 3.03. The fourth-order valence-electron chi connectivity index (χ4n) is 3.97. The second-order valence-corrected chi connectivity index (χ2v) is 6.79. The lowest BCUT2D eigenvalue weighted by Gasteiger charge is -2.28. The van der Waals surface area contributed by atoms with Gasteiger partial charge in [0.05, 0.1) is 6.04 Å². The molecule has 0 radical (unpaired) electrons. The number of nitrogens with zero attached hydrogens (tertiary/aromatic N) is 1. The first-order valence-electron chi connectivity index (χ1n) is 8.85. The normalized spacial score (nSPS) is 21.3. The average Bonchev–Trinajstić information content (AvgIpc) is 3.20. The van der Waals surface area contributed by atoms with E-state index in [1.807, 2.05) is 54.6 Å². The molecule has 2 atom stereocenters. The van der Waals surface area contributed by atoms with Crippen molar-refractivity contribution in [3.8, 4) is 0 Å². The largest absolute Gasteiger partial charge is 0.299 e. The third-order valence-electron chi connectivity index (χ3n) is 5.23. The Hall–Kier alpha value is -3.01. The molecule has 4 heteroatoms. The van der Waals surface area contributed by atoms with Crippen molar-refractivity contribution in [3.05, 3.63) is 83.4 Å². The minimum Gasteiger partial charge on any atom is -0.299 e. The van der Waals surface area contributed by atoms with Gasteiger partial charge in [0.25, 0.3) is 11.8 Å². The van der Waals surface area contributed by atoms with E-state index < -0.39 is 6.04 Å². The van der Waals surface area contributed by atoms with Crippen LogP contribution in [0.1, 0.15) is 29.2 Å². The van der Waals surface area contributed by atoms with Crippen LogP contribution >= 0.6 is 0 Å². The highest BCUT2D eigenvalue weighted by Gasteiger charge is 2.44. The Morgan fingerprint density at radius 2 is 1.58 bits per heavy atom. The fourth-order valence-corrected chi connectivity index (χ4v) is 3.97. The third-order valence-corrected chi connectivity index (χ3v) is 5.23. The molecular formula is C22H19NO3. The molecule has 1 aliphatic carbocycles. The van der Waals surface area contributed by atoms with Crippen molar-refractivity contribution in [2.75, 3.05) is 0 Å². The summed E-state index contributed by atoms with van der Waals surface area (Å²) in [5.41, 5.74) is 3.07. The molecule has 130 valence electrons. The number of carbonyl (C=O) groups is 3. The van der Waals surface area contributed by atoms with Gasteiger partial charge in [-0.1, -0.05) is 54.6 Å². The zero-order valence-corrected chi connectivity index (χ0v) is 14.3. The minimum atomic E-state index is -0.496. The summed E-state index contributed by atoms with van der Waals surface area (Å²) in [5, 5.41) is 0. The number of benzene rings is 2. The molecule has 0 aromatic heterocycles. The SMILES string of the molecule is O=C(CCc1ccccc1)[C@H]1Cc2ccccc2[C@H]1N1C(=O)C=CC1=O. The summed E-state index contributed by atoms with van der Waals surface area (Å²) in [4.78, 5) is 38.7. The van der Waals surface area contributed by atoms with E-state index in [9.17, 15) is 14.4 Å². The van der Waals surface area contributed by atoms with Crippen LogP contribution < -0.4 is 0 Å². The molecule has 4 nitrogen and oxygen atoms in total. The molecule has 26 heavy (non-hydrogen) atoms. The molecule has 0 saturated heterocycles. The van der Waals surface area contributed by atoms with Gasteiger partial charge in [0, 0.05) is 24.5 Å². The summed E-state index contributed by atoms with van der Waals surface area (Å²) < 4.78 is 0. The van der Waals surface area contributed by atoms with E-state index in [2.05, 4.69) is 0 Å². The Morgan fingerprint density at radius 3 is 2.31 bits per heavy atom. The van der Waals surface area contributed by atoms with Gasteiger partial charge in [-0.15, -0.1) is 0 Å². The van der Waals surface area contributed by atoms with Crippen LogP contribution in [0.5, 0.6) is 0 Å². The van der Waals surface area contributed by atoms with Crippen LogP contribution in [-0.4, -0.2) is 22.5 Å². The molecule has 0 fully saturated rings. The maximum atomic E-state index is 13.0. The number of ketones is 1. The highest BCUT2D eigenvalue weighted by atomic mass is 16.2. The molecule has 2 aromatic carbocycles. The molecule has 0 saturated carbocycles. The highest BCUT2D eigenvalue weighted by Crippen LogP contribution is 2.42. The van der Waals surface area contributed by atoms with Crippen LogP contribution in [0.3, 0.4) is 0 Å². The van der Waals surface area contributed by atoms with Gasteiger partial charge in [0.15, 0.2) is 0 Å². The van der Waals surface area contributed by atoms with Crippen LogP contribution in [0.2, 0.25) is 0 Å². The number of hydrogen-bond donors (Lipinski definition) is 0. The van der Waals surface area contributed by atoms with Crippen molar-refractivity contribution in [1.82, 2.24) is 4.90 Å². The second kappa shape index (κ2) is 6.71. The molecule has 0 N–H and O–H groups in total. The quantitative estimate of drug-likeness (QED) is 0.783. The Morgan fingerprint density at radius 1 is 0.923 bits per heavy atom. The standard InChI is InChI=1S/C22H19NO3/c24-19(11-10-15-6-2-1-3-7-15)18-14-16-8-4-5-9-17(16)22(18)23-20(25)12-13-21(23)26/h1-9,12-13,18,22H,10-11,14H2/t18-,22-/m1/s1. The van der Waals surface area contributed by atoms with Crippen LogP contribution in [0.4, 0.5) is 0 Å². The summed E-state index contributed by atoms with van der Waals surface area (Å²) in [6.45, 7) is 0. The zero-order chi connectivity index (χ0) is 18.1. The Labute approximate surface area is 152 Å². The van der Waals surface area contributed by atoms with Gasteiger partial charge in [0.2, 0.25) is 0 Å². The first-order valence-corrected chi connectivity index (χ1v) is 8.85. The number of amides is 2. The van der Waals surface area contributed by atoms with Gasteiger partial charge >= 0.3 is 0 Å². The van der Waals surface area contributed by atoms with Crippen molar-refractivity contribution < 1.29 is 14.4 Å². The molecule has 4 rings (SSSR count). The number of rotatable bonds is 5. The summed E-state index contributed by atoms with van der Waals surface area (Å²) in [7, 11) is 0. The number of hydrogen-bond acceptors (Lipinski definition) is 3. The van der Waals surface area contributed by atoms with Crippen LogP contribution in [0.15, 0.2) is 66.7 Å². The molecule has 0 bridgehead atoms. The first kappa shape index (κ1) is 16.5. The number of fused-ring (bicyclic) bond motifs is 1. The van der Waals surface area contributed by atoms with Crippen molar-refractivity contribution in [1.29, 1.82) is 0 Å². The number of aryl methyl sites for hydroxylation is 1. The molecule has 2 aromatic rings. The highest BCUT2D eigenvalue weighted by molar-refractivity contribution is 6.13. The van der Waals surface area contributed by atoms with Gasteiger partial charge < -0.3 is 0 Å². The molecular weight excluding hydrogens is 326 g/mol. The van der Waals surface area contributed by atoms with Crippen LogP contribution in [0.25, 0.3) is 0 Å². The fraction of sp³-hybridized carbons (Fsp3) is 0.227. The summed E-state index contributed by atoms with van der Waals surface area (Å²) in [5.74, 6) is -0.943. The van der Waals surface area contributed by atoms with Gasteiger partial charge in [0.1, 0.15) is 5.78 Å². The molecule has 2 amide bonds. The van der Waals surface area contributed by atoms with E-state index in [1.165, 1.54) is 17.1 Å². The van der Waals surface area contributed by atoms with Gasteiger partial charge in [-0.2, -0.15) is 0 Å². The summed E-state index contributed by atoms with van der Waals surface area (Å²) >= 11 is 0. The van der Waals surface area contributed by atoms with Crippen molar-refractivity contribution in [2.24, 2.45) is 5.92 Å². The van der Waals surface area contributed by atoms with Crippen molar-refractivity contribution in [2.45, 2.75) is 25.3 Å². The third kappa shape index (κ3) is 2.88. The lowest BCUT2D eigenvalue weighted by Crippen LogP contribution is -2.39. The van der Waals surface area contributed by atoms with Gasteiger partial charge in [-0.05, 0) is 29.5 Å². The minimum absolute atomic E-state index is 0.0996. The number of carbonyl (C=O) groups excluding carboxylic acids is 3. The first-order chi connectivity index (χ1) is 12.6. The molecule has 1 aliphatic heterocycles. The average molecular weight is 345 g/mol. The second-order valence-electron chi connectivity index (χ2n) is 6.79. The number of Topliss-reactive ketones (excluding diaryl/α,β-unsaturated/α-hetero) is 1. The van der Waals surface area contributed by atoms with Gasteiger partial charge in [-0.25, -0.2) is 0 Å². The molecule has 2 aliphatic rings. The van der Waals surface area contributed by atoms with E-state index in [4.69, 9.17) is 0 Å². The van der Waals surface area contributed by atoms with Crippen molar-refractivity contribution >= 4 is 17.6 Å². The Kier molecular flexibility index (Phi) is 4.25. The summed E-state index contributed by atoms with van der Waals surface area (Å²) in [6.07, 6.45) is 4.22. The van der Waals surface area contributed by atoms with Crippen LogP contribution in [-0.2, 0) is 27.2 Å². The van der Waals surface area contributed by atoms with E-state index in [0.717, 1.165) is 16.7 Å². The smallest absolute Gasteiger partial charge is 0.254 e. The monoisotopic (exact) mass is 345 g/mol. The molecule has 0 spiro atoms. The molecule has 1 heterocycles. The Bertz CT molecular complexity index is 883. The topological polar surface area (TPSA) is 54.5 Å². The maximum Gasteiger partial charge on any atom is 0.254 e. The van der Waals surface area contributed by atoms with E-state index in [-0.39, 0.29) is 23.5 Å². The van der Waals surface area contributed by atoms with Crippen molar-refractivity contribution in [3.63, 3.8) is 0 Å². The number of imide groups is 1. The predicted molar refractivity (Wildman–Crippen MR) is 97.1 cm³/mol.